The Bertz CT molecular complexity index is 1160. The maximum Gasteiger partial charge on any atom is 0.228 e. The summed E-state index contributed by atoms with van der Waals surface area (Å²) in [6, 6.07) is 17.3. The van der Waals surface area contributed by atoms with Gasteiger partial charge in [0.15, 0.2) is 0 Å². The summed E-state index contributed by atoms with van der Waals surface area (Å²) in [5.74, 6) is 0.688. The molecule has 3 aromatic rings. The predicted octanol–water partition coefficient (Wildman–Crippen LogP) is 6.06. The molecule has 150 valence electrons. The van der Waals surface area contributed by atoms with Crippen molar-refractivity contribution in [1.82, 2.24) is 4.98 Å². The Morgan fingerprint density at radius 3 is 2.63 bits per heavy atom. The maximum atomic E-state index is 12.7. The number of nitriles is 1. The van der Waals surface area contributed by atoms with Crippen molar-refractivity contribution in [1.29, 1.82) is 5.26 Å². The summed E-state index contributed by atoms with van der Waals surface area (Å²) in [6.07, 6.45) is 7.12. The van der Waals surface area contributed by atoms with Gasteiger partial charge in [-0.25, -0.2) is 0 Å². The molecule has 2 fully saturated rings. The van der Waals surface area contributed by atoms with Crippen LogP contribution in [0.2, 0.25) is 5.02 Å². The van der Waals surface area contributed by atoms with Crippen LogP contribution in [0.25, 0.3) is 10.9 Å². The molecule has 2 aliphatic carbocycles. The SMILES string of the molecule is N#Cc1ccc2nccc(C3CCC4(CC3)C[C@@H]4C(=O)Nc3ccc(Cl)cc3)c2c1. The summed E-state index contributed by atoms with van der Waals surface area (Å²) < 4.78 is 0. The van der Waals surface area contributed by atoms with Crippen LogP contribution in [0.4, 0.5) is 5.69 Å². The number of anilines is 1. The maximum absolute atomic E-state index is 12.7. The Balaban J connectivity index is 1.27. The van der Waals surface area contributed by atoms with E-state index >= 15 is 0 Å². The number of hydrogen-bond acceptors (Lipinski definition) is 3. The van der Waals surface area contributed by atoms with Gasteiger partial charge in [-0.1, -0.05) is 11.6 Å². The van der Waals surface area contributed by atoms with E-state index in [4.69, 9.17) is 11.6 Å². The zero-order valence-corrected chi connectivity index (χ0v) is 17.3. The van der Waals surface area contributed by atoms with E-state index in [0.29, 0.717) is 16.5 Å². The van der Waals surface area contributed by atoms with Crippen LogP contribution in [0.15, 0.2) is 54.7 Å². The molecule has 0 saturated heterocycles. The van der Waals surface area contributed by atoms with Crippen LogP contribution in [0, 0.1) is 22.7 Å². The molecule has 5 rings (SSSR count). The molecule has 0 radical (unpaired) electrons. The summed E-state index contributed by atoms with van der Waals surface area (Å²) in [5, 5.41) is 14.1. The summed E-state index contributed by atoms with van der Waals surface area (Å²) >= 11 is 5.92. The Morgan fingerprint density at radius 2 is 1.90 bits per heavy atom. The van der Waals surface area contributed by atoms with Gasteiger partial charge in [-0.05, 0) is 97.5 Å². The lowest BCUT2D eigenvalue weighted by Gasteiger charge is -2.30. The first-order valence-electron chi connectivity index (χ1n) is 10.4. The smallest absolute Gasteiger partial charge is 0.228 e. The summed E-state index contributed by atoms with van der Waals surface area (Å²) in [7, 11) is 0. The highest BCUT2D eigenvalue weighted by atomic mass is 35.5. The average Bonchev–Trinajstić information content (AvgIpc) is 3.48. The number of aromatic nitrogens is 1. The molecule has 1 atom stereocenters. The van der Waals surface area contributed by atoms with Crippen LogP contribution in [0.1, 0.15) is 49.1 Å². The Kier molecular flexibility index (Phi) is 4.72. The standard InChI is InChI=1S/C25H22ClN3O/c26-18-2-4-19(5-3-18)29-24(30)22-14-25(22)10-7-17(8-11-25)20-9-12-28-23-6-1-16(15-27)13-21(20)23/h1-6,9,12-13,17,22H,7-8,10-11,14H2,(H,29,30)/t17?,22-,25?/m1/s1. The monoisotopic (exact) mass is 415 g/mol. The number of carbonyl (C=O) groups is 1. The molecule has 2 aromatic carbocycles. The molecule has 0 bridgehead atoms. The number of nitrogens with zero attached hydrogens (tertiary/aromatic N) is 2. The van der Waals surface area contributed by atoms with Gasteiger partial charge in [0.2, 0.25) is 5.91 Å². The van der Waals surface area contributed by atoms with Gasteiger partial charge in [-0.3, -0.25) is 9.78 Å². The van der Waals surface area contributed by atoms with Crippen molar-refractivity contribution in [2.24, 2.45) is 11.3 Å². The number of benzene rings is 2. The number of pyridine rings is 1. The van der Waals surface area contributed by atoms with Crippen molar-refractivity contribution in [2.45, 2.75) is 38.0 Å². The lowest BCUT2D eigenvalue weighted by atomic mass is 9.75. The van der Waals surface area contributed by atoms with Crippen LogP contribution < -0.4 is 5.32 Å². The van der Waals surface area contributed by atoms with Crippen LogP contribution in [0.3, 0.4) is 0 Å². The summed E-state index contributed by atoms with van der Waals surface area (Å²) in [4.78, 5) is 17.2. The molecule has 30 heavy (non-hydrogen) atoms. The first-order chi connectivity index (χ1) is 14.6. The molecule has 1 amide bonds. The number of amides is 1. The van der Waals surface area contributed by atoms with Gasteiger partial charge >= 0.3 is 0 Å². The van der Waals surface area contributed by atoms with Gasteiger partial charge in [-0.15, -0.1) is 0 Å². The van der Waals surface area contributed by atoms with Gasteiger partial charge < -0.3 is 5.32 Å². The molecule has 1 heterocycles. The molecule has 1 spiro atoms. The fraction of sp³-hybridized carbons (Fsp3) is 0.320. The molecular weight excluding hydrogens is 394 g/mol. The van der Waals surface area contributed by atoms with Crippen molar-refractivity contribution in [3.05, 3.63) is 70.9 Å². The lowest BCUT2D eigenvalue weighted by Crippen LogP contribution is -2.22. The first-order valence-corrected chi connectivity index (χ1v) is 10.8. The third-order valence-corrected chi connectivity index (χ3v) is 7.20. The van der Waals surface area contributed by atoms with Crippen molar-refractivity contribution in [3.8, 4) is 6.07 Å². The van der Waals surface area contributed by atoms with Crippen molar-refractivity contribution < 1.29 is 4.79 Å². The molecular formula is C25H22ClN3O. The highest BCUT2D eigenvalue weighted by Crippen LogP contribution is 2.63. The molecule has 4 nitrogen and oxygen atoms in total. The van der Waals surface area contributed by atoms with Crippen molar-refractivity contribution >= 4 is 34.1 Å². The van der Waals surface area contributed by atoms with Gasteiger partial charge in [0, 0.05) is 28.2 Å². The average molecular weight is 416 g/mol. The van der Waals surface area contributed by atoms with Gasteiger partial charge in [0.25, 0.3) is 0 Å². The number of rotatable bonds is 3. The largest absolute Gasteiger partial charge is 0.326 e. The minimum atomic E-state index is 0.105. The van der Waals surface area contributed by atoms with E-state index in [9.17, 15) is 10.1 Å². The molecule has 1 aromatic heterocycles. The Morgan fingerprint density at radius 1 is 1.13 bits per heavy atom. The second-order valence-electron chi connectivity index (χ2n) is 8.63. The van der Waals surface area contributed by atoms with Crippen molar-refractivity contribution in [3.63, 3.8) is 0 Å². The van der Waals surface area contributed by atoms with Gasteiger partial charge in [0.1, 0.15) is 0 Å². The predicted molar refractivity (Wildman–Crippen MR) is 118 cm³/mol. The Labute approximate surface area is 180 Å². The number of hydrogen-bond donors (Lipinski definition) is 1. The zero-order valence-electron chi connectivity index (χ0n) is 16.6. The quantitative estimate of drug-likeness (QED) is 0.565. The third-order valence-electron chi connectivity index (χ3n) is 6.94. The molecule has 0 unspecified atom stereocenters. The first kappa shape index (κ1) is 19.1. The van der Waals surface area contributed by atoms with Crippen molar-refractivity contribution in [2.75, 3.05) is 5.32 Å². The van der Waals surface area contributed by atoms with E-state index in [1.807, 2.05) is 36.5 Å². The molecule has 0 aliphatic heterocycles. The number of halogens is 1. The zero-order chi connectivity index (χ0) is 20.7. The molecule has 2 saturated carbocycles. The molecule has 2 aliphatic rings. The minimum Gasteiger partial charge on any atom is -0.326 e. The van der Waals surface area contributed by atoms with E-state index in [2.05, 4.69) is 22.4 Å². The van der Waals surface area contributed by atoms with Crippen LogP contribution in [-0.4, -0.2) is 10.9 Å². The van der Waals surface area contributed by atoms with Crippen LogP contribution in [-0.2, 0) is 4.79 Å². The Hall–Kier alpha value is -2.90. The van der Waals surface area contributed by atoms with E-state index < -0.39 is 0 Å². The number of nitrogens with one attached hydrogen (secondary N) is 1. The highest BCUT2D eigenvalue weighted by Gasteiger charge is 2.58. The normalized spacial score (nSPS) is 25.1. The van der Waals surface area contributed by atoms with E-state index in [1.54, 1.807) is 12.1 Å². The number of fused-ring (bicyclic) bond motifs is 1. The van der Waals surface area contributed by atoms with Gasteiger partial charge in [-0.2, -0.15) is 5.26 Å². The third kappa shape index (κ3) is 3.44. The fourth-order valence-electron chi connectivity index (χ4n) is 5.13. The molecule has 5 heteroatoms. The number of carbonyl (C=O) groups excluding carboxylic acids is 1. The second-order valence-corrected chi connectivity index (χ2v) is 9.07. The second kappa shape index (κ2) is 7.41. The fourth-order valence-corrected chi connectivity index (χ4v) is 5.26. The highest BCUT2D eigenvalue weighted by molar-refractivity contribution is 6.30. The minimum absolute atomic E-state index is 0.105. The lowest BCUT2D eigenvalue weighted by molar-refractivity contribution is -0.118. The van der Waals surface area contributed by atoms with Gasteiger partial charge in [0.05, 0.1) is 17.1 Å². The van der Waals surface area contributed by atoms with E-state index in [-0.39, 0.29) is 17.2 Å². The van der Waals surface area contributed by atoms with Crippen LogP contribution in [0.5, 0.6) is 0 Å². The van der Waals surface area contributed by atoms with E-state index in [0.717, 1.165) is 48.7 Å². The summed E-state index contributed by atoms with van der Waals surface area (Å²) in [5.41, 5.74) is 3.86. The summed E-state index contributed by atoms with van der Waals surface area (Å²) in [6.45, 7) is 0. The topological polar surface area (TPSA) is 65.8 Å². The van der Waals surface area contributed by atoms with E-state index in [1.165, 1.54) is 5.56 Å². The molecule has 1 N–H and O–H groups in total. The van der Waals surface area contributed by atoms with Crippen LogP contribution >= 0.6 is 11.6 Å².